The molecular formula is C28H34N4O4. The number of para-hydroxylation sites is 1. The second kappa shape index (κ2) is 11.4. The standard InChI is InChI=1S/C28H34N4O4/c1-19-10-9-14-23(20(19)2)30-26(34)18-32-24-15-6-5-13-22(24)27(35)31(28(32)36)17-8-7-16-25(33)29-21-11-3-4-12-21/h5-6,9-10,13-15,21H,3-4,7-8,11-12,16-18H2,1-2H3,(H,29,33)(H,30,34). The number of amides is 2. The predicted octanol–water partition coefficient (Wildman–Crippen LogP) is 3.65. The van der Waals surface area contributed by atoms with Crippen LogP contribution in [-0.4, -0.2) is 27.0 Å². The lowest BCUT2D eigenvalue weighted by Crippen LogP contribution is -2.41. The average Bonchev–Trinajstić information content (AvgIpc) is 3.37. The summed E-state index contributed by atoms with van der Waals surface area (Å²) in [6.07, 6.45) is 5.84. The zero-order valence-electron chi connectivity index (χ0n) is 21.0. The quantitative estimate of drug-likeness (QED) is 0.447. The van der Waals surface area contributed by atoms with E-state index in [0.717, 1.165) is 36.8 Å². The Labute approximate surface area is 210 Å². The van der Waals surface area contributed by atoms with Crippen molar-refractivity contribution < 1.29 is 9.59 Å². The van der Waals surface area contributed by atoms with Gasteiger partial charge in [0.15, 0.2) is 0 Å². The van der Waals surface area contributed by atoms with Gasteiger partial charge in [-0.25, -0.2) is 4.79 Å². The third-order valence-electron chi connectivity index (χ3n) is 7.07. The lowest BCUT2D eigenvalue weighted by molar-refractivity contribution is -0.122. The smallest absolute Gasteiger partial charge is 0.331 e. The van der Waals surface area contributed by atoms with E-state index < -0.39 is 5.69 Å². The summed E-state index contributed by atoms with van der Waals surface area (Å²) in [6.45, 7) is 3.88. The molecule has 0 spiro atoms. The van der Waals surface area contributed by atoms with Crippen LogP contribution in [0.15, 0.2) is 52.1 Å². The number of hydrogen-bond acceptors (Lipinski definition) is 4. The van der Waals surface area contributed by atoms with E-state index >= 15 is 0 Å². The third-order valence-corrected chi connectivity index (χ3v) is 7.07. The van der Waals surface area contributed by atoms with Gasteiger partial charge in [0.25, 0.3) is 5.56 Å². The normalized spacial score (nSPS) is 13.7. The molecule has 1 aliphatic carbocycles. The van der Waals surface area contributed by atoms with E-state index in [9.17, 15) is 19.2 Å². The number of anilines is 1. The van der Waals surface area contributed by atoms with Crippen LogP contribution < -0.4 is 21.9 Å². The molecule has 1 saturated carbocycles. The van der Waals surface area contributed by atoms with Gasteiger partial charge in [-0.1, -0.05) is 37.1 Å². The highest BCUT2D eigenvalue weighted by Crippen LogP contribution is 2.19. The van der Waals surface area contributed by atoms with Crippen LogP contribution in [0.2, 0.25) is 0 Å². The number of rotatable bonds is 9. The van der Waals surface area contributed by atoms with Crippen molar-refractivity contribution in [2.24, 2.45) is 0 Å². The van der Waals surface area contributed by atoms with Crippen LogP contribution in [0.3, 0.4) is 0 Å². The molecule has 4 rings (SSSR count). The Kier molecular flexibility index (Phi) is 8.03. The van der Waals surface area contributed by atoms with Crippen LogP contribution >= 0.6 is 0 Å². The van der Waals surface area contributed by atoms with Crippen molar-refractivity contribution in [3.63, 3.8) is 0 Å². The summed E-state index contributed by atoms with van der Waals surface area (Å²) in [5.74, 6) is -0.321. The van der Waals surface area contributed by atoms with Crippen molar-refractivity contribution >= 4 is 28.4 Å². The fraction of sp³-hybridized carbons (Fsp3) is 0.429. The first kappa shape index (κ1) is 25.4. The molecule has 8 nitrogen and oxygen atoms in total. The fourth-order valence-electron chi connectivity index (χ4n) is 4.87. The van der Waals surface area contributed by atoms with E-state index in [0.29, 0.717) is 35.9 Å². The van der Waals surface area contributed by atoms with Gasteiger partial charge >= 0.3 is 5.69 Å². The molecule has 0 aliphatic heterocycles. The van der Waals surface area contributed by atoms with Crippen LogP contribution in [0, 0.1) is 13.8 Å². The first-order valence-electron chi connectivity index (χ1n) is 12.7. The maximum absolute atomic E-state index is 13.3. The van der Waals surface area contributed by atoms with E-state index in [1.807, 2.05) is 32.0 Å². The SMILES string of the molecule is Cc1cccc(NC(=O)Cn2c(=O)n(CCCCC(=O)NC3CCCC3)c(=O)c3ccccc32)c1C. The number of carbonyl (C=O) groups excluding carboxylic acids is 2. The molecule has 36 heavy (non-hydrogen) atoms. The van der Waals surface area contributed by atoms with Crippen molar-refractivity contribution in [3.8, 4) is 0 Å². The molecule has 2 amide bonds. The average molecular weight is 491 g/mol. The second-order valence-electron chi connectivity index (χ2n) is 9.64. The molecule has 0 unspecified atom stereocenters. The van der Waals surface area contributed by atoms with Crippen LogP contribution in [0.5, 0.6) is 0 Å². The summed E-state index contributed by atoms with van der Waals surface area (Å²) in [7, 11) is 0. The molecule has 2 aromatic carbocycles. The van der Waals surface area contributed by atoms with Crippen molar-refractivity contribution in [1.82, 2.24) is 14.5 Å². The highest BCUT2D eigenvalue weighted by molar-refractivity contribution is 5.92. The van der Waals surface area contributed by atoms with Gasteiger partial charge in [0.2, 0.25) is 11.8 Å². The zero-order chi connectivity index (χ0) is 25.7. The maximum Gasteiger partial charge on any atom is 0.331 e. The van der Waals surface area contributed by atoms with Gasteiger partial charge in [-0.2, -0.15) is 0 Å². The molecule has 1 fully saturated rings. The van der Waals surface area contributed by atoms with Crippen LogP contribution in [-0.2, 0) is 22.7 Å². The minimum absolute atomic E-state index is 0.0216. The molecule has 0 bridgehead atoms. The van der Waals surface area contributed by atoms with Crippen LogP contribution in [0.4, 0.5) is 5.69 Å². The molecule has 1 aliphatic rings. The maximum atomic E-state index is 13.3. The molecule has 0 radical (unpaired) electrons. The van der Waals surface area contributed by atoms with Gasteiger partial charge in [-0.05, 0) is 68.9 Å². The number of aromatic nitrogens is 2. The van der Waals surface area contributed by atoms with Crippen molar-refractivity contribution in [1.29, 1.82) is 0 Å². The van der Waals surface area contributed by atoms with E-state index in [1.165, 1.54) is 9.13 Å². The first-order chi connectivity index (χ1) is 17.3. The van der Waals surface area contributed by atoms with Crippen molar-refractivity contribution in [2.45, 2.75) is 77.9 Å². The molecule has 1 heterocycles. The van der Waals surface area contributed by atoms with E-state index in [-0.39, 0.29) is 36.5 Å². The first-order valence-corrected chi connectivity index (χ1v) is 12.7. The minimum atomic E-state index is -0.523. The summed E-state index contributed by atoms with van der Waals surface area (Å²) >= 11 is 0. The number of hydrogen-bond donors (Lipinski definition) is 2. The molecule has 2 N–H and O–H groups in total. The summed E-state index contributed by atoms with van der Waals surface area (Å²) < 4.78 is 2.53. The Bertz CT molecular complexity index is 1380. The van der Waals surface area contributed by atoms with Crippen LogP contribution in [0.1, 0.15) is 56.1 Å². The molecule has 0 atom stereocenters. The topological polar surface area (TPSA) is 102 Å². The van der Waals surface area contributed by atoms with E-state index in [2.05, 4.69) is 10.6 Å². The number of fused-ring (bicyclic) bond motifs is 1. The molecule has 1 aromatic heterocycles. The van der Waals surface area contributed by atoms with Gasteiger partial charge in [-0.15, -0.1) is 0 Å². The summed E-state index contributed by atoms with van der Waals surface area (Å²) in [6, 6.07) is 12.8. The van der Waals surface area contributed by atoms with Crippen molar-refractivity contribution in [3.05, 3.63) is 74.4 Å². The number of unbranched alkanes of at least 4 members (excludes halogenated alkanes) is 1. The monoisotopic (exact) mass is 490 g/mol. The highest BCUT2D eigenvalue weighted by atomic mass is 16.2. The van der Waals surface area contributed by atoms with E-state index in [4.69, 9.17) is 0 Å². The molecule has 0 saturated heterocycles. The molecular weight excluding hydrogens is 456 g/mol. The lowest BCUT2D eigenvalue weighted by atomic mass is 10.1. The lowest BCUT2D eigenvalue weighted by Gasteiger charge is -2.15. The number of benzene rings is 2. The number of nitrogens with zero attached hydrogens (tertiary/aromatic N) is 2. The van der Waals surface area contributed by atoms with Crippen molar-refractivity contribution in [2.75, 3.05) is 5.32 Å². The summed E-state index contributed by atoms with van der Waals surface area (Å²) in [5, 5.41) is 6.34. The van der Waals surface area contributed by atoms with Gasteiger partial charge in [0.05, 0.1) is 10.9 Å². The number of aryl methyl sites for hydroxylation is 1. The Morgan fingerprint density at radius 2 is 1.67 bits per heavy atom. The predicted molar refractivity (Wildman–Crippen MR) is 141 cm³/mol. The second-order valence-corrected chi connectivity index (χ2v) is 9.64. The summed E-state index contributed by atoms with van der Waals surface area (Å²) in [5.41, 5.74) is 2.24. The van der Waals surface area contributed by atoms with Crippen LogP contribution in [0.25, 0.3) is 10.9 Å². The largest absolute Gasteiger partial charge is 0.353 e. The van der Waals surface area contributed by atoms with Gasteiger partial charge in [-0.3, -0.25) is 23.5 Å². The Hall–Kier alpha value is -3.68. The number of nitrogens with one attached hydrogen (secondary N) is 2. The summed E-state index contributed by atoms with van der Waals surface area (Å²) in [4.78, 5) is 51.5. The Morgan fingerprint density at radius 3 is 2.44 bits per heavy atom. The van der Waals surface area contributed by atoms with Gasteiger partial charge in [0, 0.05) is 24.7 Å². The zero-order valence-corrected chi connectivity index (χ0v) is 21.0. The van der Waals surface area contributed by atoms with Gasteiger partial charge < -0.3 is 10.6 Å². The Morgan fingerprint density at radius 1 is 0.917 bits per heavy atom. The molecule has 190 valence electrons. The minimum Gasteiger partial charge on any atom is -0.353 e. The Balaban J connectivity index is 1.49. The van der Waals surface area contributed by atoms with Gasteiger partial charge in [0.1, 0.15) is 6.54 Å². The highest BCUT2D eigenvalue weighted by Gasteiger charge is 2.18. The molecule has 3 aromatic rings. The molecule has 8 heteroatoms. The third kappa shape index (κ3) is 5.75. The number of carbonyl (C=O) groups is 2. The van der Waals surface area contributed by atoms with E-state index in [1.54, 1.807) is 24.3 Å². The fourth-order valence-corrected chi connectivity index (χ4v) is 4.87.